The first kappa shape index (κ1) is 16.1. The number of para-hydroxylation sites is 3. The van der Waals surface area contributed by atoms with Gasteiger partial charge in [-0.2, -0.15) is 0 Å². The summed E-state index contributed by atoms with van der Waals surface area (Å²) >= 11 is 0. The summed E-state index contributed by atoms with van der Waals surface area (Å²) in [6.07, 6.45) is 1.88. The fourth-order valence-electron chi connectivity index (χ4n) is 3.44. The number of piperidine rings is 1. The summed E-state index contributed by atoms with van der Waals surface area (Å²) in [5, 5.41) is 0. The van der Waals surface area contributed by atoms with E-state index in [0.29, 0.717) is 5.75 Å². The van der Waals surface area contributed by atoms with Gasteiger partial charge in [0, 0.05) is 20.1 Å². The molecule has 0 spiro atoms. The molecule has 0 atom stereocenters. The Morgan fingerprint density at radius 2 is 1.80 bits per heavy atom. The number of fused-ring (bicyclic) bond motifs is 1. The van der Waals surface area contributed by atoms with Gasteiger partial charge >= 0.3 is 0 Å². The van der Waals surface area contributed by atoms with E-state index in [2.05, 4.69) is 22.6 Å². The van der Waals surface area contributed by atoms with Crippen LogP contribution in [-0.2, 0) is 13.6 Å². The second kappa shape index (κ2) is 6.84. The number of aromatic nitrogens is 2. The third kappa shape index (κ3) is 3.37. The molecule has 0 amide bonds. The van der Waals surface area contributed by atoms with Crippen molar-refractivity contribution in [3.63, 3.8) is 0 Å². The van der Waals surface area contributed by atoms with E-state index in [1.165, 1.54) is 6.07 Å². The highest BCUT2D eigenvalue weighted by molar-refractivity contribution is 5.75. The highest BCUT2D eigenvalue weighted by Crippen LogP contribution is 2.23. The molecule has 1 fully saturated rings. The van der Waals surface area contributed by atoms with Gasteiger partial charge in [-0.25, -0.2) is 9.37 Å². The van der Waals surface area contributed by atoms with Crippen molar-refractivity contribution < 1.29 is 9.13 Å². The lowest BCUT2D eigenvalue weighted by Gasteiger charge is -2.31. The van der Waals surface area contributed by atoms with E-state index >= 15 is 0 Å². The van der Waals surface area contributed by atoms with E-state index in [4.69, 9.17) is 9.72 Å². The molecular weight excluding hydrogens is 317 g/mol. The lowest BCUT2D eigenvalue weighted by molar-refractivity contribution is 0.0918. The summed E-state index contributed by atoms with van der Waals surface area (Å²) < 4.78 is 21.7. The molecule has 0 saturated carbocycles. The fraction of sp³-hybridized carbons (Fsp3) is 0.350. The van der Waals surface area contributed by atoms with E-state index in [9.17, 15) is 4.39 Å². The quantitative estimate of drug-likeness (QED) is 0.725. The number of hydrogen-bond acceptors (Lipinski definition) is 3. The zero-order valence-corrected chi connectivity index (χ0v) is 14.4. The fourth-order valence-corrected chi connectivity index (χ4v) is 3.44. The SMILES string of the molecule is Cn1c(CN2CCC(Oc3ccccc3F)CC2)nc2ccccc21. The zero-order valence-electron chi connectivity index (χ0n) is 14.4. The number of aryl methyl sites for hydroxylation is 1. The number of nitrogens with zero attached hydrogens (tertiary/aromatic N) is 3. The molecule has 1 aliphatic heterocycles. The second-order valence-electron chi connectivity index (χ2n) is 6.60. The molecule has 25 heavy (non-hydrogen) atoms. The van der Waals surface area contributed by atoms with Gasteiger partial charge in [-0.1, -0.05) is 24.3 Å². The third-order valence-corrected chi connectivity index (χ3v) is 4.91. The molecule has 130 valence electrons. The van der Waals surface area contributed by atoms with Crippen molar-refractivity contribution in [1.29, 1.82) is 0 Å². The average Bonchev–Trinajstić information content (AvgIpc) is 2.95. The van der Waals surface area contributed by atoms with E-state index in [-0.39, 0.29) is 11.9 Å². The van der Waals surface area contributed by atoms with Crippen molar-refractivity contribution in [2.75, 3.05) is 13.1 Å². The van der Waals surface area contributed by atoms with Crippen molar-refractivity contribution in [1.82, 2.24) is 14.5 Å². The van der Waals surface area contributed by atoms with Crippen LogP contribution in [0.25, 0.3) is 11.0 Å². The summed E-state index contributed by atoms with van der Waals surface area (Å²) in [5.41, 5.74) is 2.20. The van der Waals surface area contributed by atoms with Gasteiger partial charge in [0.2, 0.25) is 0 Å². The van der Waals surface area contributed by atoms with Gasteiger partial charge in [-0.15, -0.1) is 0 Å². The van der Waals surface area contributed by atoms with E-state index in [1.807, 2.05) is 18.2 Å². The molecule has 3 aromatic rings. The topological polar surface area (TPSA) is 30.3 Å². The van der Waals surface area contributed by atoms with E-state index in [1.54, 1.807) is 18.2 Å². The lowest BCUT2D eigenvalue weighted by atomic mass is 10.1. The minimum atomic E-state index is -0.287. The van der Waals surface area contributed by atoms with Crippen LogP contribution in [0.1, 0.15) is 18.7 Å². The van der Waals surface area contributed by atoms with E-state index in [0.717, 1.165) is 49.3 Å². The van der Waals surface area contributed by atoms with Crippen LogP contribution >= 0.6 is 0 Å². The summed E-state index contributed by atoms with van der Waals surface area (Å²) in [7, 11) is 2.07. The molecule has 1 aliphatic rings. The maximum Gasteiger partial charge on any atom is 0.165 e. The molecule has 4 rings (SSSR count). The first-order chi connectivity index (χ1) is 12.2. The molecule has 0 N–H and O–H groups in total. The Hall–Kier alpha value is -2.40. The van der Waals surface area contributed by atoms with Crippen molar-refractivity contribution in [2.45, 2.75) is 25.5 Å². The van der Waals surface area contributed by atoms with Crippen LogP contribution in [0.3, 0.4) is 0 Å². The standard InChI is InChI=1S/C20H22FN3O/c1-23-18-8-4-3-7-17(18)22-20(23)14-24-12-10-15(11-13-24)25-19-9-5-2-6-16(19)21/h2-9,15H,10-14H2,1H3. The minimum Gasteiger partial charge on any atom is -0.487 e. The van der Waals surface area contributed by atoms with Crippen LogP contribution in [0.2, 0.25) is 0 Å². The van der Waals surface area contributed by atoms with Gasteiger partial charge in [-0.05, 0) is 37.1 Å². The number of imidazole rings is 1. The minimum absolute atomic E-state index is 0.0774. The van der Waals surface area contributed by atoms with Crippen molar-refractivity contribution in [3.8, 4) is 5.75 Å². The highest BCUT2D eigenvalue weighted by Gasteiger charge is 2.22. The normalized spacial score (nSPS) is 16.4. The largest absolute Gasteiger partial charge is 0.487 e. The molecule has 0 unspecified atom stereocenters. The first-order valence-corrected chi connectivity index (χ1v) is 8.74. The Morgan fingerprint density at radius 1 is 1.08 bits per heavy atom. The summed E-state index contributed by atoms with van der Waals surface area (Å²) in [5.74, 6) is 1.15. The van der Waals surface area contributed by atoms with Gasteiger partial charge in [0.1, 0.15) is 11.9 Å². The van der Waals surface area contributed by atoms with E-state index < -0.39 is 0 Å². The molecule has 4 nitrogen and oxygen atoms in total. The second-order valence-corrected chi connectivity index (χ2v) is 6.60. The zero-order chi connectivity index (χ0) is 17.2. The number of rotatable bonds is 4. The number of likely N-dealkylation sites (tertiary alicyclic amines) is 1. The van der Waals surface area contributed by atoms with Crippen molar-refractivity contribution in [2.24, 2.45) is 7.05 Å². The number of benzene rings is 2. The van der Waals surface area contributed by atoms with Crippen molar-refractivity contribution >= 4 is 11.0 Å². The summed E-state index contributed by atoms with van der Waals surface area (Å²) in [6, 6.07) is 14.8. The van der Waals surface area contributed by atoms with Gasteiger partial charge in [0.15, 0.2) is 11.6 Å². The van der Waals surface area contributed by atoms with Gasteiger partial charge in [0.05, 0.1) is 17.6 Å². The van der Waals surface area contributed by atoms with Crippen LogP contribution in [0.15, 0.2) is 48.5 Å². The molecule has 1 aromatic heterocycles. The van der Waals surface area contributed by atoms with Crippen LogP contribution in [-0.4, -0.2) is 33.6 Å². The maximum atomic E-state index is 13.7. The number of ether oxygens (including phenoxy) is 1. The molecule has 0 bridgehead atoms. The summed E-state index contributed by atoms with van der Waals surface area (Å²) in [6.45, 7) is 2.70. The maximum absolute atomic E-state index is 13.7. The molecule has 2 aromatic carbocycles. The van der Waals surface area contributed by atoms with Crippen LogP contribution in [0.5, 0.6) is 5.75 Å². The van der Waals surface area contributed by atoms with Crippen molar-refractivity contribution in [3.05, 3.63) is 60.2 Å². The monoisotopic (exact) mass is 339 g/mol. The molecular formula is C20H22FN3O. The van der Waals surface area contributed by atoms with Crippen LogP contribution in [0, 0.1) is 5.82 Å². The lowest BCUT2D eigenvalue weighted by Crippen LogP contribution is -2.38. The average molecular weight is 339 g/mol. The smallest absolute Gasteiger partial charge is 0.165 e. The third-order valence-electron chi connectivity index (χ3n) is 4.91. The Labute approximate surface area is 146 Å². The van der Waals surface area contributed by atoms with Crippen LogP contribution in [0.4, 0.5) is 4.39 Å². The van der Waals surface area contributed by atoms with Crippen LogP contribution < -0.4 is 4.74 Å². The molecule has 0 radical (unpaired) electrons. The predicted octanol–water partition coefficient (Wildman–Crippen LogP) is 3.76. The predicted molar refractivity (Wildman–Crippen MR) is 96.0 cm³/mol. The Kier molecular flexibility index (Phi) is 4.40. The molecule has 5 heteroatoms. The molecule has 2 heterocycles. The number of hydrogen-bond donors (Lipinski definition) is 0. The first-order valence-electron chi connectivity index (χ1n) is 8.74. The highest BCUT2D eigenvalue weighted by atomic mass is 19.1. The Morgan fingerprint density at radius 3 is 2.56 bits per heavy atom. The van der Waals surface area contributed by atoms with Gasteiger partial charge in [0.25, 0.3) is 0 Å². The Balaban J connectivity index is 1.37. The molecule has 0 aliphatic carbocycles. The Bertz CT molecular complexity index is 868. The summed E-state index contributed by atoms with van der Waals surface area (Å²) in [4.78, 5) is 7.14. The number of halogens is 1. The van der Waals surface area contributed by atoms with Gasteiger partial charge in [-0.3, -0.25) is 4.90 Å². The molecule has 1 saturated heterocycles. The van der Waals surface area contributed by atoms with Gasteiger partial charge < -0.3 is 9.30 Å².